The van der Waals surface area contributed by atoms with Crippen molar-refractivity contribution in [2.24, 2.45) is 0 Å². The van der Waals surface area contributed by atoms with E-state index in [-0.39, 0.29) is 16.7 Å². The van der Waals surface area contributed by atoms with Crippen molar-refractivity contribution in [1.29, 1.82) is 0 Å². The van der Waals surface area contributed by atoms with Crippen LogP contribution < -0.4 is 4.90 Å². The smallest absolute Gasteiger partial charge is 0.292 e. The fraction of sp³-hybridized carbons (Fsp3) is 0.500. The van der Waals surface area contributed by atoms with E-state index in [9.17, 15) is 10.1 Å². The topological polar surface area (TPSA) is 55.6 Å². The summed E-state index contributed by atoms with van der Waals surface area (Å²) in [6.07, 6.45) is 0. The molecule has 1 aliphatic rings. The maximum atomic E-state index is 11.1. The van der Waals surface area contributed by atoms with E-state index in [4.69, 9.17) is 4.74 Å². The Balaban J connectivity index is 2.39. The number of anilines is 1. The van der Waals surface area contributed by atoms with Crippen molar-refractivity contribution in [2.75, 3.05) is 24.7 Å². The molecule has 5 nitrogen and oxygen atoms in total. The first kappa shape index (κ1) is 11.9. The highest BCUT2D eigenvalue weighted by Gasteiger charge is 2.25. The lowest BCUT2D eigenvalue weighted by molar-refractivity contribution is -0.384. The summed E-state index contributed by atoms with van der Waals surface area (Å²) in [4.78, 5) is 12.8. The minimum absolute atomic E-state index is 0.171. The zero-order chi connectivity index (χ0) is 12.4. The fourth-order valence-corrected chi connectivity index (χ4v) is 2.11. The number of rotatable bonds is 2. The zero-order valence-electron chi connectivity index (χ0n) is 10.0. The molecule has 17 heavy (non-hydrogen) atoms. The van der Waals surface area contributed by atoms with Gasteiger partial charge >= 0.3 is 0 Å². The Morgan fingerprint density at radius 1 is 1.53 bits per heavy atom. The van der Waals surface area contributed by atoms with E-state index in [1.165, 1.54) is 0 Å². The van der Waals surface area contributed by atoms with Crippen LogP contribution in [0, 0.1) is 17.0 Å². The molecule has 1 heterocycles. The van der Waals surface area contributed by atoms with E-state index in [1.807, 2.05) is 30.9 Å². The Kier molecular flexibility index (Phi) is 3.28. The largest absolute Gasteiger partial charge is 0.377 e. The molecule has 1 aromatic carbocycles. The molecule has 0 N–H and O–H groups in total. The maximum absolute atomic E-state index is 11.1. The van der Waals surface area contributed by atoms with Gasteiger partial charge in [0.2, 0.25) is 0 Å². The van der Waals surface area contributed by atoms with Gasteiger partial charge in [0.15, 0.2) is 0 Å². The number of aryl methyl sites for hydroxylation is 1. The minimum Gasteiger partial charge on any atom is -0.377 e. The quantitative estimate of drug-likeness (QED) is 0.583. The molecule has 0 radical (unpaired) electrons. The molecule has 0 amide bonds. The average Bonchev–Trinajstić information content (AvgIpc) is 2.30. The summed E-state index contributed by atoms with van der Waals surface area (Å²) in [7, 11) is 0. The average molecular weight is 236 g/mol. The van der Waals surface area contributed by atoms with Gasteiger partial charge in [-0.2, -0.15) is 0 Å². The third kappa shape index (κ3) is 2.39. The van der Waals surface area contributed by atoms with Gasteiger partial charge in [0, 0.05) is 18.7 Å². The highest BCUT2D eigenvalue weighted by atomic mass is 16.6. The van der Waals surface area contributed by atoms with E-state index in [2.05, 4.69) is 0 Å². The third-order valence-corrected chi connectivity index (χ3v) is 3.00. The highest BCUT2D eigenvalue weighted by molar-refractivity contribution is 5.65. The van der Waals surface area contributed by atoms with E-state index in [1.54, 1.807) is 6.07 Å². The van der Waals surface area contributed by atoms with E-state index >= 15 is 0 Å². The SMILES string of the molecule is Cc1ccc(N2CCOCC2C)c([N+](=O)[O-])c1. The van der Waals surface area contributed by atoms with Gasteiger partial charge in [-0.3, -0.25) is 10.1 Å². The van der Waals surface area contributed by atoms with E-state index in [0.717, 1.165) is 5.56 Å². The standard InChI is InChI=1S/C12H16N2O3/c1-9-3-4-11(12(7-9)14(15)16)13-5-6-17-8-10(13)2/h3-4,7,10H,5-6,8H2,1-2H3. The van der Waals surface area contributed by atoms with Gasteiger partial charge in [-0.1, -0.05) is 6.07 Å². The molecule has 2 rings (SSSR count). The molecule has 5 heteroatoms. The van der Waals surface area contributed by atoms with Crippen LogP contribution in [0.4, 0.5) is 11.4 Å². The van der Waals surface area contributed by atoms with Crippen LogP contribution >= 0.6 is 0 Å². The lowest BCUT2D eigenvalue weighted by Gasteiger charge is -2.34. The number of morpholine rings is 1. The zero-order valence-corrected chi connectivity index (χ0v) is 10.0. The summed E-state index contributed by atoms with van der Waals surface area (Å²) in [5.41, 5.74) is 1.77. The van der Waals surface area contributed by atoms with Crippen LogP contribution in [-0.2, 0) is 4.74 Å². The lowest BCUT2D eigenvalue weighted by Crippen LogP contribution is -2.43. The first-order chi connectivity index (χ1) is 8.09. The van der Waals surface area contributed by atoms with Crippen LogP contribution in [0.5, 0.6) is 0 Å². The molecule has 0 spiro atoms. The van der Waals surface area contributed by atoms with Crippen molar-refractivity contribution in [3.8, 4) is 0 Å². The first-order valence-electron chi connectivity index (χ1n) is 5.69. The van der Waals surface area contributed by atoms with Crippen molar-refractivity contribution in [1.82, 2.24) is 0 Å². The Labute approximate surface area is 100 Å². The van der Waals surface area contributed by atoms with Gasteiger partial charge in [-0.05, 0) is 25.5 Å². The van der Waals surface area contributed by atoms with Crippen molar-refractivity contribution in [3.05, 3.63) is 33.9 Å². The second-order valence-electron chi connectivity index (χ2n) is 4.37. The van der Waals surface area contributed by atoms with Crippen LogP contribution in [0.15, 0.2) is 18.2 Å². The summed E-state index contributed by atoms with van der Waals surface area (Å²) in [6, 6.07) is 5.53. The van der Waals surface area contributed by atoms with Gasteiger partial charge in [0.25, 0.3) is 5.69 Å². The van der Waals surface area contributed by atoms with Crippen molar-refractivity contribution >= 4 is 11.4 Å². The molecule has 1 atom stereocenters. The van der Waals surface area contributed by atoms with Crippen LogP contribution in [0.25, 0.3) is 0 Å². The van der Waals surface area contributed by atoms with Gasteiger partial charge < -0.3 is 9.64 Å². The van der Waals surface area contributed by atoms with E-state index in [0.29, 0.717) is 25.4 Å². The van der Waals surface area contributed by atoms with Gasteiger partial charge in [0.05, 0.1) is 18.1 Å². The van der Waals surface area contributed by atoms with Crippen molar-refractivity contribution < 1.29 is 9.66 Å². The van der Waals surface area contributed by atoms with Crippen LogP contribution in [-0.4, -0.2) is 30.7 Å². The molecule has 92 valence electrons. The minimum atomic E-state index is -0.315. The lowest BCUT2D eigenvalue weighted by atomic mass is 10.1. The van der Waals surface area contributed by atoms with Crippen LogP contribution in [0.2, 0.25) is 0 Å². The molecule has 1 aromatic rings. The molecule has 1 saturated heterocycles. The molecule has 1 unspecified atom stereocenters. The van der Waals surface area contributed by atoms with Crippen LogP contribution in [0.1, 0.15) is 12.5 Å². The predicted octanol–water partition coefficient (Wildman–Crippen LogP) is 2.13. The van der Waals surface area contributed by atoms with E-state index < -0.39 is 0 Å². The number of benzene rings is 1. The number of hydrogen-bond donors (Lipinski definition) is 0. The number of nitro groups is 1. The molecule has 0 aromatic heterocycles. The normalized spacial score (nSPS) is 20.4. The fourth-order valence-electron chi connectivity index (χ4n) is 2.11. The molecule has 1 aliphatic heterocycles. The summed E-state index contributed by atoms with van der Waals surface area (Å²) < 4.78 is 5.35. The highest BCUT2D eigenvalue weighted by Crippen LogP contribution is 2.31. The molecule has 0 bridgehead atoms. The molecular formula is C12H16N2O3. The summed E-state index contributed by atoms with van der Waals surface area (Å²) in [6.45, 7) is 5.81. The van der Waals surface area contributed by atoms with Gasteiger partial charge in [-0.25, -0.2) is 0 Å². The predicted molar refractivity (Wildman–Crippen MR) is 65.5 cm³/mol. The number of nitrogens with zero attached hydrogens (tertiary/aromatic N) is 2. The van der Waals surface area contributed by atoms with Gasteiger partial charge in [0.1, 0.15) is 5.69 Å². The van der Waals surface area contributed by atoms with Crippen LogP contribution in [0.3, 0.4) is 0 Å². The number of ether oxygens (including phenoxy) is 1. The molecular weight excluding hydrogens is 220 g/mol. The Morgan fingerprint density at radius 3 is 2.94 bits per heavy atom. The van der Waals surface area contributed by atoms with Crippen molar-refractivity contribution in [3.63, 3.8) is 0 Å². The Morgan fingerprint density at radius 2 is 2.29 bits per heavy atom. The molecule has 1 fully saturated rings. The second kappa shape index (κ2) is 4.71. The molecule has 0 saturated carbocycles. The summed E-state index contributed by atoms with van der Waals surface area (Å²) in [5, 5.41) is 11.1. The monoisotopic (exact) mass is 236 g/mol. The third-order valence-electron chi connectivity index (χ3n) is 3.00. The summed E-state index contributed by atoms with van der Waals surface area (Å²) in [5.74, 6) is 0. The number of nitro benzene ring substituents is 1. The summed E-state index contributed by atoms with van der Waals surface area (Å²) >= 11 is 0. The first-order valence-corrected chi connectivity index (χ1v) is 5.69. The maximum Gasteiger partial charge on any atom is 0.292 e. The second-order valence-corrected chi connectivity index (χ2v) is 4.37. The Hall–Kier alpha value is -1.62. The Bertz CT molecular complexity index is 434. The molecule has 0 aliphatic carbocycles. The van der Waals surface area contributed by atoms with Crippen molar-refractivity contribution in [2.45, 2.75) is 19.9 Å². The van der Waals surface area contributed by atoms with Gasteiger partial charge in [-0.15, -0.1) is 0 Å². The number of hydrogen-bond acceptors (Lipinski definition) is 4.